The molecule has 60 heavy (non-hydrogen) atoms. The third-order valence-electron chi connectivity index (χ3n) is 11.7. The second kappa shape index (κ2) is 15.4. The minimum atomic E-state index is 0.395. The summed E-state index contributed by atoms with van der Waals surface area (Å²) in [6.45, 7) is 1.74. The first-order valence-electron chi connectivity index (χ1n) is 20.3. The predicted molar refractivity (Wildman–Crippen MR) is 250 cm³/mol. The lowest BCUT2D eigenvalue weighted by molar-refractivity contribution is 0.285. The maximum atomic E-state index is 6.40. The molecule has 11 rings (SSSR count). The van der Waals surface area contributed by atoms with Gasteiger partial charge in [-0.2, -0.15) is 0 Å². The third-order valence-corrected chi connectivity index (χ3v) is 12.4. The summed E-state index contributed by atoms with van der Waals surface area (Å²) in [5.74, 6) is 3.10. The highest BCUT2D eigenvalue weighted by Gasteiger charge is 2.14. The number of hydrogen-bond acceptors (Lipinski definition) is 4. The Morgan fingerprint density at radius 1 is 0.300 bits per heavy atom. The molecule has 0 heterocycles. The Balaban J connectivity index is 0.741. The van der Waals surface area contributed by atoms with Crippen molar-refractivity contribution < 1.29 is 18.9 Å². The molecule has 5 heteroatoms. The van der Waals surface area contributed by atoms with Gasteiger partial charge in [-0.15, -0.1) is 0 Å². The summed E-state index contributed by atoms with van der Waals surface area (Å²) in [7, 11) is 0. The van der Waals surface area contributed by atoms with Crippen molar-refractivity contribution in [2.75, 3.05) is 0 Å². The molecule has 0 saturated heterocycles. The molecule has 0 aliphatic carbocycles. The fraction of sp³-hybridized carbons (Fsp3) is 0.0909. The first-order chi connectivity index (χ1) is 29.6. The fourth-order valence-corrected chi connectivity index (χ4v) is 9.15. The quantitative estimate of drug-likeness (QED) is 0.0856. The van der Waals surface area contributed by atoms with Crippen molar-refractivity contribution in [2.45, 2.75) is 31.8 Å². The molecule has 0 fully saturated rings. The Labute approximate surface area is 356 Å². The zero-order chi connectivity index (χ0) is 40.0. The van der Waals surface area contributed by atoms with Gasteiger partial charge in [-0.25, -0.2) is 0 Å². The maximum Gasteiger partial charge on any atom is 0.123 e. The van der Waals surface area contributed by atoms with E-state index in [4.69, 9.17) is 18.9 Å². The lowest BCUT2D eigenvalue weighted by atomic mass is 9.92. The van der Waals surface area contributed by atoms with E-state index in [0.29, 0.717) is 31.8 Å². The molecule has 0 atom stereocenters. The van der Waals surface area contributed by atoms with Gasteiger partial charge in [0.05, 0.1) is 0 Å². The standard InChI is InChI=1S/C55H39BrO4/c56-30-37-27-48(57-31-35-5-1-11-46(25-35)59-33-44-19-17-42-15-13-38-7-3-9-40-21-23-50(44)54(42)52(38)40)29-49(28-37)58-32-36-6-2-12-47(26-36)60-34-45-20-18-43-16-14-39-8-4-10-41-22-24-51(45)55(43)53(39)41/h1-29H,30-34H2. The van der Waals surface area contributed by atoms with E-state index in [-0.39, 0.29) is 0 Å². The van der Waals surface area contributed by atoms with Crippen LogP contribution in [0.1, 0.15) is 27.8 Å². The summed E-state index contributed by atoms with van der Waals surface area (Å²) in [6.07, 6.45) is 0. The minimum Gasteiger partial charge on any atom is -0.489 e. The lowest BCUT2D eigenvalue weighted by Gasteiger charge is -2.15. The molecule has 11 aromatic rings. The fourth-order valence-electron chi connectivity index (χ4n) is 8.82. The van der Waals surface area contributed by atoms with Gasteiger partial charge in [0.15, 0.2) is 0 Å². The van der Waals surface area contributed by atoms with E-state index in [1.807, 2.05) is 42.5 Å². The molecule has 0 radical (unpaired) electrons. The zero-order valence-corrected chi connectivity index (χ0v) is 34.4. The zero-order valence-electron chi connectivity index (χ0n) is 32.8. The molecule has 4 nitrogen and oxygen atoms in total. The Kier molecular flexibility index (Phi) is 9.32. The highest BCUT2D eigenvalue weighted by atomic mass is 79.9. The number of halogens is 1. The highest BCUT2D eigenvalue weighted by Crippen LogP contribution is 2.38. The molecule has 0 N–H and O–H groups in total. The van der Waals surface area contributed by atoms with Crippen molar-refractivity contribution in [3.63, 3.8) is 0 Å². The van der Waals surface area contributed by atoms with Crippen LogP contribution in [0.15, 0.2) is 176 Å². The molecule has 0 spiro atoms. The number of benzene rings is 11. The first-order valence-corrected chi connectivity index (χ1v) is 21.5. The first kappa shape index (κ1) is 36.3. The maximum absolute atomic E-state index is 6.40. The van der Waals surface area contributed by atoms with Crippen molar-refractivity contribution in [1.29, 1.82) is 0 Å². The molecular weight excluding hydrogens is 805 g/mol. The van der Waals surface area contributed by atoms with E-state index >= 15 is 0 Å². The molecule has 0 aromatic heterocycles. The largest absolute Gasteiger partial charge is 0.489 e. The smallest absolute Gasteiger partial charge is 0.123 e. The molecule has 0 aliphatic heterocycles. The second-order valence-electron chi connectivity index (χ2n) is 15.6. The minimum absolute atomic E-state index is 0.395. The average molecular weight is 844 g/mol. The molecule has 0 aliphatic rings. The highest BCUT2D eigenvalue weighted by molar-refractivity contribution is 9.08. The Morgan fingerprint density at radius 2 is 0.667 bits per heavy atom. The van der Waals surface area contributed by atoms with Gasteiger partial charge in [-0.3, -0.25) is 0 Å². The molecule has 11 aromatic carbocycles. The van der Waals surface area contributed by atoms with Crippen LogP contribution in [0.2, 0.25) is 0 Å². The summed E-state index contributed by atoms with van der Waals surface area (Å²) >= 11 is 3.63. The monoisotopic (exact) mass is 842 g/mol. The van der Waals surface area contributed by atoms with Crippen LogP contribution in [0.4, 0.5) is 0 Å². The molecule has 0 bridgehead atoms. The van der Waals surface area contributed by atoms with Crippen molar-refractivity contribution in [2.24, 2.45) is 0 Å². The lowest BCUT2D eigenvalue weighted by Crippen LogP contribution is -2.01. The Morgan fingerprint density at radius 3 is 1.12 bits per heavy atom. The van der Waals surface area contributed by atoms with Crippen molar-refractivity contribution in [3.8, 4) is 23.0 Å². The predicted octanol–water partition coefficient (Wildman–Crippen LogP) is 14.7. The molecule has 290 valence electrons. The van der Waals surface area contributed by atoms with Gasteiger partial charge in [0.1, 0.15) is 49.4 Å². The Hall–Kier alpha value is -6.82. The van der Waals surface area contributed by atoms with Crippen molar-refractivity contribution in [3.05, 3.63) is 204 Å². The molecule has 0 unspecified atom stereocenters. The number of rotatable bonds is 13. The molecule has 0 amide bonds. The van der Waals surface area contributed by atoms with E-state index in [9.17, 15) is 0 Å². The van der Waals surface area contributed by atoms with Gasteiger partial charge >= 0.3 is 0 Å². The third kappa shape index (κ3) is 6.85. The van der Waals surface area contributed by atoms with Gasteiger partial charge in [0, 0.05) is 11.4 Å². The van der Waals surface area contributed by atoms with Crippen LogP contribution < -0.4 is 18.9 Å². The summed E-state index contributed by atoms with van der Waals surface area (Å²) in [5, 5.41) is 15.9. The van der Waals surface area contributed by atoms with Crippen molar-refractivity contribution in [1.82, 2.24) is 0 Å². The van der Waals surface area contributed by atoms with Gasteiger partial charge in [0.25, 0.3) is 0 Å². The number of hydrogen-bond donors (Lipinski definition) is 0. The summed E-state index contributed by atoms with van der Waals surface area (Å²) in [5.41, 5.74) is 5.45. The van der Waals surface area contributed by atoms with Crippen LogP contribution in [0, 0.1) is 0 Å². The van der Waals surface area contributed by atoms with E-state index in [2.05, 4.69) is 149 Å². The van der Waals surface area contributed by atoms with E-state index in [0.717, 1.165) is 39.7 Å². The van der Waals surface area contributed by atoms with Crippen LogP contribution in [0.3, 0.4) is 0 Å². The second-order valence-corrected chi connectivity index (χ2v) is 16.1. The van der Waals surface area contributed by atoms with Gasteiger partial charge in [-0.05, 0) is 129 Å². The number of ether oxygens (including phenoxy) is 4. The normalized spacial score (nSPS) is 11.8. The topological polar surface area (TPSA) is 36.9 Å². The average Bonchev–Trinajstić information content (AvgIpc) is 3.30. The SMILES string of the molecule is BrCc1cc(OCc2cccc(OCc3ccc4ccc5cccc6ccc3c4c56)c2)cc(OCc2cccc(OCc3ccc4ccc5cccc6ccc3c4c56)c2)c1. The summed E-state index contributed by atoms with van der Waals surface area (Å²) in [4.78, 5) is 0. The van der Waals surface area contributed by atoms with Crippen LogP contribution in [-0.2, 0) is 31.8 Å². The summed E-state index contributed by atoms with van der Waals surface area (Å²) < 4.78 is 25.5. The molecular formula is C55H39BrO4. The van der Waals surface area contributed by atoms with Crippen molar-refractivity contribution >= 4 is 80.6 Å². The Bertz CT molecular complexity index is 3090. The summed E-state index contributed by atoms with van der Waals surface area (Å²) in [6, 6.07) is 61.9. The van der Waals surface area contributed by atoms with E-state index in [1.165, 1.54) is 75.8 Å². The van der Waals surface area contributed by atoms with Crippen LogP contribution in [0.5, 0.6) is 23.0 Å². The van der Waals surface area contributed by atoms with Gasteiger partial charge in [0.2, 0.25) is 0 Å². The van der Waals surface area contributed by atoms with Gasteiger partial charge < -0.3 is 18.9 Å². The molecule has 0 saturated carbocycles. The van der Waals surface area contributed by atoms with E-state index < -0.39 is 0 Å². The van der Waals surface area contributed by atoms with Crippen LogP contribution in [0.25, 0.3) is 64.6 Å². The van der Waals surface area contributed by atoms with Gasteiger partial charge in [-0.1, -0.05) is 149 Å². The number of alkyl halides is 1. The van der Waals surface area contributed by atoms with Crippen LogP contribution in [-0.4, -0.2) is 0 Å². The van der Waals surface area contributed by atoms with Crippen LogP contribution >= 0.6 is 15.9 Å². The van der Waals surface area contributed by atoms with E-state index in [1.54, 1.807) is 0 Å².